The predicted molar refractivity (Wildman–Crippen MR) is 134 cm³/mol. The van der Waals surface area contributed by atoms with Crippen LogP contribution in [0.2, 0.25) is 0 Å². The predicted octanol–water partition coefficient (Wildman–Crippen LogP) is 6.22. The number of hydrogen-bond acceptors (Lipinski definition) is 7. The van der Waals surface area contributed by atoms with Crippen LogP contribution in [0.3, 0.4) is 0 Å². The Kier molecular flexibility index (Phi) is 5.43. The van der Waals surface area contributed by atoms with Gasteiger partial charge in [0.25, 0.3) is 5.91 Å². The van der Waals surface area contributed by atoms with Crippen LogP contribution in [0.15, 0.2) is 58.3 Å². The first kappa shape index (κ1) is 21.9. The number of ketones is 1. The summed E-state index contributed by atoms with van der Waals surface area (Å²) in [6.45, 7) is 5.57. The Bertz CT molecular complexity index is 1490. The number of anilines is 1. The van der Waals surface area contributed by atoms with E-state index in [1.54, 1.807) is 6.92 Å². The second-order valence-electron chi connectivity index (χ2n) is 7.84. The number of benzene rings is 2. The minimum Gasteiger partial charge on any atom is -0.503 e. The minimum absolute atomic E-state index is 0.0419. The van der Waals surface area contributed by atoms with Crippen LogP contribution >= 0.6 is 38.6 Å². The number of aliphatic hydroxyl groups excluding tert-OH is 1. The van der Waals surface area contributed by atoms with Crippen molar-refractivity contribution in [1.29, 1.82) is 0 Å². The van der Waals surface area contributed by atoms with Gasteiger partial charge in [0, 0.05) is 4.47 Å². The van der Waals surface area contributed by atoms with Gasteiger partial charge in [-0.3, -0.25) is 14.5 Å². The van der Waals surface area contributed by atoms with E-state index in [0.717, 1.165) is 25.3 Å². The van der Waals surface area contributed by atoms with E-state index in [-0.39, 0.29) is 5.57 Å². The zero-order chi connectivity index (χ0) is 23.4. The van der Waals surface area contributed by atoms with Crippen LogP contribution < -0.4 is 4.90 Å². The molecule has 6 nitrogen and oxygen atoms in total. The Balaban J connectivity index is 1.70. The molecule has 0 bridgehead atoms. The molecule has 1 aliphatic heterocycles. The van der Waals surface area contributed by atoms with Crippen LogP contribution in [0.1, 0.15) is 37.5 Å². The lowest BCUT2D eigenvalue weighted by atomic mass is 9.95. The van der Waals surface area contributed by atoms with Crippen molar-refractivity contribution in [3.63, 3.8) is 0 Å². The molecule has 2 aromatic carbocycles. The van der Waals surface area contributed by atoms with Gasteiger partial charge in [-0.05, 0) is 56.2 Å². The number of hydrogen-bond donors (Lipinski definition) is 1. The highest BCUT2D eigenvalue weighted by Gasteiger charge is 2.46. The van der Waals surface area contributed by atoms with E-state index in [1.807, 2.05) is 56.3 Å². The average Bonchev–Trinajstić information content (AvgIpc) is 3.41. The summed E-state index contributed by atoms with van der Waals surface area (Å²) in [4.78, 5) is 37.9. The Morgan fingerprint density at radius 3 is 2.58 bits per heavy atom. The van der Waals surface area contributed by atoms with Gasteiger partial charge in [-0.15, -0.1) is 11.3 Å². The number of aliphatic hydroxyl groups is 1. The lowest BCUT2D eigenvalue weighted by Crippen LogP contribution is -2.31. The molecule has 2 aromatic heterocycles. The van der Waals surface area contributed by atoms with E-state index >= 15 is 0 Å². The highest BCUT2D eigenvalue weighted by atomic mass is 79.9. The monoisotopic (exact) mass is 539 g/mol. The Hall–Kier alpha value is -2.88. The summed E-state index contributed by atoms with van der Waals surface area (Å²) >= 11 is 6.10. The van der Waals surface area contributed by atoms with E-state index < -0.39 is 23.5 Å². The van der Waals surface area contributed by atoms with Gasteiger partial charge in [-0.2, -0.15) is 0 Å². The minimum atomic E-state index is -0.814. The van der Waals surface area contributed by atoms with Gasteiger partial charge in [0.2, 0.25) is 5.78 Å². The molecule has 0 saturated carbocycles. The van der Waals surface area contributed by atoms with Crippen LogP contribution in [0, 0.1) is 20.8 Å². The van der Waals surface area contributed by atoms with E-state index in [2.05, 4.69) is 25.9 Å². The molecule has 5 rings (SSSR count). The van der Waals surface area contributed by atoms with Crippen LogP contribution in [-0.2, 0) is 4.79 Å². The molecule has 0 fully saturated rings. The van der Waals surface area contributed by atoms with Crippen LogP contribution in [0.5, 0.6) is 0 Å². The number of Topliss-reactive ketones (excluding diaryl/α,β-unsaturated/α-hetero) is 1. The molecule has 1 amide bonds. The summed E-state index contributed by atoms with van der Waals surface area (Å²) in [5.41, 5.74) is 3.16. The third-order valence-electron chi connectivity index (χ3n) is 5.47. The van der Waals surface area contributed by atoms with Crippen molar-refractivity contribution in [2.45, 2.75) is 26.8 Å². The maximum Gasteiger partial charge on any atom is 0.296 e. The van der Waals surface area contributed by atoms with Crippen molar-refractivity contribution in [3.8, 4) is 0 Å². The lowest BCUT2D eigenvalue weighted by Gasteiger charge is -2.24. The number of nitrogens with zero attached hydrogens (tertiary/aromatic N) is 3. The molecular formula is C24H18BrN3O3S2. The fourth-order valence-electron chi connectivity index (χ4n) is 4.01. The number of rotatable bonds is 4. The summed E-state index contributed by atoms with van der Waals surface area (Å²) in [5, 5.41) is 12.1. The average molecular weight is 540 g/mol. The van der Waals surface area contributed by atoms with E-state index in [4.69, 9.17) is 0 Å². The topological polar surface area (TPSA) is 83.4 Å². The summed E-state index contributed by atoms with van der Waals surface area (Å²) < 4.78 is 1.73. The van der Waals surface area contributed by atoms with E-state index in [1.165, 1.54) is 27.6 Å². The van der Waals surface area contributed by atoms with Gasteiger partial charge in [0.15, 0.2) is 10.9 Å². The molecule has 1 aliphatic rings. The molecule has 3 heterocycles. The number of halogens is 1. The van der Waals surface area contributed by atoms with Gasteiger partial charge in [0.05, 0.1) is 37.4 Å². The standard InChI is InChI=1S/C24H18BrN3O3S2/c1-11-7-8-16-17(9-11)33-24(27-16)28-19(14-5-4-6-15(25)10-14)18(21(30)23(28)31)20(29)22-12(2)26-13(3)32-22/h4-10,19,30H,1-3H3. The fraction of sp³-hybridized carbons (Fsp3) is 0.167. The molecule has 0 aliphatic carbocycles. The van der Waals surface area contributed by atoms with Crippen molar-refractivity contribution >= 4 is 65.6 Å². The third kappa shape index (κ3) is 3.70. The summed E-state index contributed by atoms with van der Waals surface area (Å²) in [5.74, 6) is -1.59. The largest absolute Gasteiger partial charge is 0.503 e. The van der Waals surface area contributed by atoms with Crippen LogP contribution in [-0.4, -0.2) is 26.8 Å². The quantitative estimate of drug-likeness (QED) is 0.311. The lowest BCUT2D eigenvalue weighted by molar-refractivity contribution is -0.117. The van der Waals surface area contributed by atoms with Crippen molar-refractivity contribution in [3.05, 3.63) is 85.0 Å². The maximum atomic E-state index is 13.6. The van der Waals surface area contributed by atoms with E-state index in [0.29, 0.717) is 21.3 Å². The second kappa shape index (κ2) is 8.16. The zero-order valence-electron chi connectivity index (χ0n) is 17.9. The summed E-state index contributed by atoms with van der Waals surface area (Å²) in [6.07, 6.45) is 0. The number of aryl methyl sites for hydroxylation is 3. The molecule has 1 unspecified atom stereocenters. The highest BCUT2D eigenvalue weighted by Crippen LogP contribution is 2.45. The van der Waals surface area contributed by atoms with E-state index in [9.17, 15) is 14.7 Å². The SMILES string of the molecule is Cc1ccc2nc(N3C(=O)C(O)=C(C(=O)c4sc(C)nc4C)C3c3cccc(Br)c3)sc2c1. The third-order valence-corrected chi connectivity index (χ3v) is 8.05. The van der Waals surface area contributed by atoms with Gasteiger partial charge >= 0.3 is 0 Å². The second-order valence-corrected chi connectivity index (χ2v) is 11.0. The molecule has 33 heavy (non-hydrogen) atoms. The van der Waals surface area contributed by atoms with Crippen molar-refractivity contribution in [1.82, 2.24) is 9.97 Å². The molecule has 0 saturated heterocycles. The summed E-state index contributed by atoms with van der Waals surface area (Å²) in [6, 6.07) is 12.4. The van der Waals surface area contributed by atoms with Crippen molar-refractivity contribution in [2.24, 2.45) is 0 Å². The number of thiazole rings is 2. The molecule has 1 atom stereocenters. The first-order chi connectivity index (χ1) is 15.7. The maximum absolute atomic E-state index is 13.6. The molecule has 4 aromatic rings. The van der Waals surface area contributed by atoms with Gasteiger partial charge in [0.1, 0.15) is 0 Å². The number of carbonyl (C=O) groups excluding carboxylic acids is 2. The first-order valence-electron chi connectivity index (χ1n) is 10.1. The molecule has 0 radical (unpaired) electrons. The first-order valence-corrected chi connectivity index (χ1v) is 12.5. The Labute approximate surface area is 206 Å². The number of amides is 1. The van der Waals surface area contributed by atoms with Gasteiger partial charge in [-0.1, -0.05) is 45.5 Å². The molecule has 0 spiro atoms. The number of aromatic nitrogens is 2. The normalized spacial score (nSPS) is 16.3. The van der Waals surface area contributed by atoms with Crippen LogP contribution in [0.4, 0.5) is 5.13 Å². The van der Waals surface area contributed by atoms with Gasteiger partial charge < -0.3 is 5.11 Å². The Morgan fingerprint density at radius 1 is 1.09 bits per heavy atom. The Morgan fingerprint density at radius 2 is 1.88 bits per heavy atom. The molecule has 1 N–H and O–H groups in total. The molecular weight excluding hydrogens is 522 g/mol. The van der Waals surface area contributed by atoms with Crippen molar-refractivity contribution in [2.75, 3.05) is 4.90 Å². The summed E-state index contributed by atoms with van der Waals surface area (Å²) in [7, 11) is 0. The highest BCUT2D eigenvalue weighted by molar-refractivity contribution is 9.10. The fourth-order valence-corrected chi connectivity index (χ4v) is 6.39. The molecule has 9 heteroatoms. The van der Waals surface area contributed by atoms with Crippen LogP contribution in [0.25, 0.3) is 10.2 Å². The van der Waals surface area contributed by atoms with Gasteiger partial charge in [-0.25, -0.2) is 9.97 Å². The smallest absolute Gasteiger partial charge is 0.296 e. The molecule has 166 valence electrons. The van der Waals surface area contributed by atoms with Crippen molar-refractivity contribution < 1.29 is 14.7 Å². The zero-order valence-corrected chi connectivity index (χ0v) is 21.1. The number of carbonyl (C=O) groups is 2. The number of fused-ring (bicyclic) bond motifs is 1.